The Morgan fingerprint density at radius 1 is 1.26 bits per heavy atom. The van der Waals surface area contributed by atoms with Crippen molar-refractivity contribution in [3.05, 3.63) is 30.3 Å². The SMILES string of the molecule is NCC1CCN(c2ncnc3ccc(F)cc23)CC1. The fourth-order valence-corrected chi connectivity index (χ4v) is 2.65. The molecule has 0 amide bonds. The average Bonchev–Trinajstić information content (AvgIpc) is 2.47. The van der Waals surface area contributed by atoms with Gasteiger partial charge in [0.2, 0.25) is 0 Å². The zero-order chi connectivity index (χ0) is 13.2. The van der Waals surface area contributed by atoms with E-state index in [0.717, 1.165) is 49.2 Å². The molecule has 0 saturated carbocycles. The third-order valence-electron chi connectivity index (χ3n) is 3.82. The highest BCUT2D eigenvalue weighted by Crippen LogP contribution is 2.27. The lowest BCUT2D eigenvalue weighted by molar-refractivity contribution is 0.413. The fourth-order valence-electron chi connectivity index (χ4n) is 2.65. The molecule has 4 nitrogen and oxygen atoms in total. The normalized spacial score (nSPS) is 17.1. The van der Waals surface area contributed by atoms with Gasteiger partial charge < -0.3 is 10.6 Å². The number of halogens is 1. The molecule has 0 spiro atoms. The second kappa shape index (κ2) is 5.09. The predicted molar refractivity (Wildman–Crippen MR) is 73.5 cm³/mol. The number of nitrogens with zero attached hydrogens (tertiary/aromatic N) is 3. The van der Waals surface area contributed by atoms with Crippen molar-refractivity contribution >= 4 is 16.7 Å². The van der Waals surface area contributed by atoms with Crippen molar-refractivity contribution in [2.24, 2.45) is 11.7 Å². The summed E-state index contributed by atoms with van der Waals surface area (Å²) in [5.41, 5.74) is 6.49. The smallest absolute Gasteiger partial charge is 0.139 e. The molecule has 1 aromatic carbocycles. The Hall–Kier alpha value is -1.75. The molecule has 2 heterocycles. The molecule has 0 aliphatic carbocycles. The van der Waals surface area contributed by atoms with Gasteiger partial charge in [0.25, 0.3) is 0 Å². The van der Waals surface area contributed by atoms with Gasteiger partial charge in [0.05, 0.1) is 5.52 Å². The van der Waals surface area contributed by atoms with Crippen LogP contribution in [0, 0.1) is 11.7 Å². The summed E-state index contributed by atoms with van der Waals surface area (Å²) < 4.78 is 13.4. The van der Waals surface area contributed by atoms with Gasteiger partial charge in [-0.1, -0.05) is 0 Å². The number of hydrogen-bond donors (Lipinski definition) is 1. The van der Waals surface area contributed by atoms with E-state index in [2.05, 4.69) is 14.9 Å². The summed E-state index contributed by atoms with van der Waals surface area (Å²) in [6.07, 6.45) is 3.68. The lowest BCUT2D eigenvalue weighted by Gasteiger charge is -2.32. The van der Waals surface area contributed by atoms with Crippen LogP contribution in [0.15, 0.2) is 24.5 Å². The van der Waals surface area contributed by atoms with Gasteiger partial charge in [-0.3, -0.25) is 0 Å². The van der Waals surface area contributed by atoms with E-state index in [0.29, 0.717) is 5.92 Å². The first kappa shape index (κ1) is 12.3. The number of fused-ring (bicyclic) bond motifs is 1. The number of piperidine rings is 1. The van der Waals surface area contributed by atoms with Crippen molar-refractivity contribution in [1.29, 1.82) is 0 Å². The van der Waals surface area contributed by atoms with Crippen molar-refractivity contribution in [2.75, 3.05) is 24.5 Å². The van der Waals surface area contributed by atoms with Gasteiger partial charge >= 0.3 is 0 Å². The molecule has 1 aliphatic heterocycles. The minimum atomic E-state index is -0.250. The van der Waals surface area contributed by atoms with Crippen LogP contribution in [-0.4, -0.2) is 29.6 Å². The van der Waals surface area contributed by atoms with Crippen LogP contribution in [0.25, 0.3) is 10.9 Å². The zero-order valence-corrected chi connectivity index (χ0v) is 10.7. The van der Waals surface area contributed by atoms with Gasteiger partial charge in [-0.05, 0) is 43.5 Å². The van der Waals surface area contributed by atoms with E-state index in [1.807, 2.05) is 0 Å². The predicted octanol–water partition coefficient (Wildman–Crippen LogP) is 1.94. The maximum absolute atomic E-state index is 13.4. The summed E-state index contributed by atoms with van der Waals surface area (Å²) in [7, 11) is 0. The first-order chi connectivity index (χ1) is 9.28. The molecule has 1 saturated heterocycles. The van der Waals surface area contributed by atoms with E-state index < -0.39 is 0 Å². The Labute approximate surface area is 111 Å². The largest absolute Gasteiger partial charge is 0.356 e. The Bertz CT molecular complexity index is 579. The van der Waals surface area contributed by atoms with Crippen LogP contribution in [0.2, 0.25) is 0 Å². The maximum Gasteiger partial charge on any atom is 0.139 e. The van der Waals surface area contributed by atoms with Gasteiger partial charge in [0, 0.05) is 18.5 Å². The molecule has 0 atom stereocenters. The highest BCUT2D eigenvalue weighted by atomic mass is 19.1. The van der Waals surface area contributed by atoms with Crippen LogP contribution >= 0.6 is 0 Å². The summed E-state index contributed by atoms with van der Waals surface area (Å²) >= 11 is 0. The second-order valence-corrected chi connectivity index (χ2v) is 5.02. The number of benzene rings is 1. The number of nitrogens with two attached hydrogens (primary N) is 1. The monoisotopic (exact) mass is 260 g/mol. The maximum atomic E-state index is 13.4. The molecule has 1 aromatic heterocycles. The van der Waals surface area contributed by atoms with E-state index in [1.165, 1.54) is 12.1 Å². The van der Waals surface area contributed by atoms with Gasteiger partial charge in [0.15, 0.2) is 0 Å². The summed E-state index contributed by atoms with van der Waals surface area (Å²) in [4.78, 5) is 10.7. The first-order valence-electron chi connectivity index (χ1n) is 6.63. The first-order valence-corrected chi connectivity index (χ1v) is 6.63. The Morgan fingerprint density at radius 3 is 2.79 bits per heavy atom. The highest BCUT2D eigenvalue weighted by molar-refractivity contribution is 5.89. The zero-order valence-electron chi connectivity index (χ0n) is 10.7. The minimum absolute atomic E-state index is 0.250. The molecule has 2 N–H and O–H groups in total. The van der Waals surface area contributed by atoms with E-state index >= 15 is 0 Å². The van der Waals surface area contributed by atoms with Gasteiger partial charge in [-0.25, -0.2) is 14.4 Å². The molecule has 0 bridgehead atoms. The van der Waals surface area contributed by atoms with Crippen LogP contribution in [0.4, 0.5) is 10.2 Å². The molecule has 1 fully saturated rings. The third kappa shape index (κ3) is 2.38. The van der Waals surface area contributed by atoms with Crippen LogP contribution in [0.1, 0.15) is 12.8 Å². The van der Waals surface area contributed by atoms with Crippen molar-refractivity contribution < 1.29 is 4.39 Å². The third-order valence-corrected chi connectivity index (χ3v) is 3.82. The molecule has 3 rings (SSSR count). The van der Waals surface area contributed by atoms with Crippen LogP contribution in [-0.2, 0) is 0 Å². The lowest BCUT2D eigenvalue weighted by atomic mass is 9.97. The van der Waals surface area contributed by atoms with Gasteiger partial charge in [-0.2, -0.15) is 0 Å². The standard InChI is InChI=1S/C14H17FN4/c15-11-1-2-13-12(7-11)14(18-9-17-13)19-5-3-10(8-16)4-6-19/h1-2,7,9-10H,3-6,8,16H2. The number of anilines is 1. The fraction of sp³-hybridized carbons (Fsp3) is 0.429. The second-order valence-electron chi connectivity index (χ2n) is 5.02. The van der Waals surface area contributed by atoms with Crippen LogP contribution in [0.3, 0.4) is 0 Å². The topological polar surface area (TPSA) is 55.0 Å². The number of aromatic nitrogens is 2. The molecule has 100 valence electrons. The molecule has 2 aromatic rings. The van der Waals surface area contributed by atoms with Crippen molar-refractivity contribution in [2.45, 2.75) is 12.8 Å². The molecule has 0 radical (unpaired) electrons. The molecule has 19 heavy (non-hydrogen) atoms. The van der Waals surface area contributed by atoms with E-state index in [4.69, 9.17) is 5.73 Å². The Balaban J connectivity index is 1.94. The molecule has 1 aliphatic rings. The average molecular weight is 260 g/mol. The minimum Gasteiger partial charge on any atom is -0.356 e. The summed E-state index contributed by atoms with van der Waals surface area (Å²) in [5, 5.41) is 0.786. The van der Waals surface area contributed by atoms with Gasteiger partial charge in [-0.15, -0.1) is 0 Å². The van der Waals surface area contributed by atoms with Crippen molar-refractivity contribution in [1.82, 2.24) is 9.97 Å². The molecular weight excluding hydrogens is 243 g/mol. The summed E-state index contributed by atoms with van der Waals surface area (Å²) in [6.45, 7) is 2.59. The van der Waals surface area contributed by atoms with E-state index in [-0.39, 0.29) is 5.82 Å². The number of hydrogen-bond acceptors (Lipinski definition) is 4. The highest BCUT2D eigenvalue weighted by Gasteiger charge is 2.20. The quantitative estimate of drug-likeness (QED) is 0.896. The van der Waals surface area contributed by atoms with Crippen LogP contribution < -0.4 is 10.6 Å². The number of rotatable bonds is 2. The van der Waals surface area contributed by atoms with Crippen LogP contribution in [0.5, 0.6) is 0 Å². The van der Waals surface area contributed by atoms with E-state index in [9.17, 15) is 4.39 Å². The molecule has 0 unspecified atom stereocenters. The molecular formula is C14H17FN4. The van der Waals surface area contributed by atoms with Crippen molar-refractivity contribution in [3.8, 4) is 0 Å². The van der Waals surface area contributed by atoms with Crippen molar-refractivity contribution in [3.63, 3.8) is 0 Å². The Kier molecular flexibility index (Phi) is 3.29. The molecule has 5 heteroatoms. The van der Waals surface area contributed by atoms with Gasteiger partial charge in [0.1, 0.15) is 18.0 Å². The summed E-state index contributed by atoms with van der Waals surface area (Å²) in [6, 6.07) is 4.64. The lowest BCUT2D eigenvalue weighted by Crippen LogP contribution is -2.36. The Morgan fingerprint density at radius 2 is 2.05 bits per heavy atom. The van der Waals surface area contributed by atoms with E-state index in [1.54, 1.807) is 12.4 Å². The summed E-state index contributed by atoms with van der Waals surface area (Å²) in [5.74, 6) is 1.18.